The third-order valence-corrected chi connectivity index (χ3v) is 4.21. The lowest BCUT2D eigenvalue weighted by Crippen LogP contribution is -2.41. The van der Waals surface area contributed by atoms with Gasteiger partial charge in [-0.05, 0) is 45.6 Å². The SMILES string of the molecule is Cc1noc(C)c1CCCNC(=O)NC(C)CC(O)c1ccccc1. The van der Waals surface area contributed by atoms with Gasteiger partial charge in [-0.3, -0.25) is 0 Å². The Hall–Kier alpha value is -2.34. The summed E-state index contributed by atoms with van der Waals surface area (Å²) in [5.41, 5.74) is 2.88. The van der Waals surface area contributed by atoms with Crippen molar-refractivity contribution in [3.05, 3.63) is 52.9 Å². The molecule has 136 valence electrons. The molecule has 2 rings (SSSR count). The number of aryl methyl sites for hydroxylation is 2. The minimum absolute atomic E-state index is 0.127. The molecule has 2 amide bonds. The molecule has 3 N–H and O–H groups in total. The van der Waals surface area contributed by atoms with Gasteiger partial charge in [-0.25, -0.2) is 4.79 Å². The minimum Gasteiger partial charge on any atom is -0.388 e. The number of aromatic nitrogens is 1. The van der Waals surface area contributed by atoms with Crippen LogP contribution in [0.1, 0.15) is 48.5 Å². The van der Waals surface area contributed by atoms with Gasteiger partial charge in [-0.15, -0.1) is 0 Å². The molecule has 2 atom stereocenters. The monoisotopic (exact) mass is 345 g/mol. The van der Waals surface area contributed by atoms with Crippen LogP contribution in [0.15, 0.2) is 34.9 Å². The summed E-state index contributed by atoms with van der Waals surface area (Å²) >= 11 is 0. The number of hydrogen-bond donors (Lipinski definition) is 3. The Morgan fingerprint density at radius 1 is 1.28 bits per heavy atom. The van der Waals surface area contributed by atoms with Crippen molar-refractivity contribution in [2.75, 3.05) is 6.54 Å². The number of hydrogen-bond acceptors (Lipinski definition) is 4. The fraction of sp³-hybridized carbons (Fsp3) is 0.474. The summed E-state index contributed by atoms with van der Waals surface area (Å²) in [5.74, 6) is 0.838. The van der Waals surface area contributed by atoms with Gasteiger partial charge in [0.25, 0.3) is 0 Å². The molecule has 25 heavy (non-hydrogen) atoms. The Balaban J connectivity index is 1.66. The fourth-order valence-electron chi connectivity index (χ4n) is 2.81. The zero-order valence-electron chi connectivity index (χ0n) is 15.1. The Kier molecular flexibility index (Phi) is 7.01. The molecule has 6 nitrogen and oxygen atoms in total. The van der Waals surface area contributed by atoms with Gasteiger partial charge < -0.3 is 20.3 Å². The predicted molar refractivity (Wildman–Crippen MR) is 96.3 cm³/mol. The second kappa shape index (κ2) is 9.22. The Morgan fingerprint density at radius 2 is 2.00 bits per heavy atom. The molecule has 6 heteroatoms. The van der Waals surface area contributed by atoms with E-state index in [4.69, 9.17) is 4.52 Å². The van der Waals surface area contributed by atoms with Gasteiger partial charge in [0.1, 0.15) is 5.76 Å². The van der Waals surface area contributed by atoms with Crippen molar-refractivity contribution in [3.8, 4) is 0 Å². The van der Waals surface area contributed by atoms with E-state index in [1.807, 2.05) is 51.1 Å². The maximum atomic E-state index is 11.9. The fourth-order valence-corrected chi connectivity index (χ4v) is 2.81. The lowest BCUT2D eigenvalue weighted by Gasteiger charge is -2.18. The summed E-state index contributed by atoms with van der Waals surface area (Å²) in [6, 6.07) is 9.11. The molecule has 0 aliphatic rings. The smallest absolute Gasteiger partial charge is 0.314 e. The largest absolute Gasteiger partial charge is 0.388 e. The predicted octanol–water partition coefficient (Wildman–Crippen LogP) is 3.04. The molecule has 0 aliphatic heterocycles. The molecule has 0 fully saturated rings. The molecule has 2 unspecified atom stereocenters. The second-order valence-corrected chi connectivity index (χ2v) is 6.37. The van der Waals surface area contributed by atoms with E-state index >= 15 is 0 Å². The molecular formula is C19H27N3O3. The normalized spacial score (nSPS) is 13.3. The maximum Gasteiger partial charge on any atom is 0.314 e. The van der Waals surface area contributed by atoms with Crippen LogP contribution in [0.4, 0.5) is 4.79 Å². The molecule has 0 saturated heterocycles. The van der Waals surface area contributed by atoms with E-state index in [1.54, 1.807) is 0 Å². The van der Waals surface area contributed by atoms with Crippen molar-refractivity contribution >= 4 is 6.03 Å². The van der Waals surface area contributed by atoms with Crippen molar-refractivity contribution in [3.63, 3.8) is 0 Å². The molecule has 0 saturated carbocycles. The first-order valence-corrected chi connectivity index (χ1v) is 8.66. The van der Waals surface area contributed by atoms with Crippen molar-refractivity contribution in [2.45, 2.75) is 52.2 Å². The Labute approximate surface area is 148 Å². The lowest BCUT2D eigenvalue weighted by molar-refractivity contribution is 0.154. The van der Waals surface area contributed by atoms with Crippen LogP contribution >= 0.6 is 0 Å². The number of carbonyl (C=O) groups excluding carboxylic acids is 1. The van der Waals surface area contributed by atoms with Gasteiger partial charge in [-0.2, -0.15) is 0 Å². The summed E-state index contributed by atoms with van der Waals surface area (Å²) in [5, 5.41) is 19.8. The zero-order valence-corrected chi connectivity index (χ0v) is 15.1. The van der Waals surface area contributed by atoms with Crippen LogP contribution in [-0.4, -0.2) is 28.9 Å². The van der Waals surface area contributed by atoms with Crippen LogP contribution in [0.5, 0.6) is 0 Å². The molecule has 1 aromatic heterocycles. The highest BCUT2D eigenvalue weighted by atomic mass is 16.5. The molecule has 0 spiro atoms. The number of aliphatic hydroxyl groups excluding tert-OH is 1. The van der Waals surface area contributed by atoms with Crippen LogP contribution < -0.4 is 10.6 Å². The highest BCUT2D eigenvalue weighted by Gasteiger charge is 2.14. The van der Waals surface area contributed by atoms with Crippen molar-refractivity contribution in [2.24, 2.45) is 0 Å². The first-order chi connectivity index (χ1) is 12.0. The number of amides is 2. The number of nitrogens with zero attached hydrogens (tertiary/aromatic N) is 1. The van der Waals surface area contributed by atoms with Crippen LogP contribution in [0.3, 0.4) is 0 Å². The molecule has 1 heterocycles. The van der Waals surface area contributed by atoms with Gasteiger partial charge in [0, 0.05) is 18.2 Å². The van der Waals surface area contributed by atoms with Gasteiger partial charge in [0.05, 0.1) is 11.8 Å². The van der Waals surface area contributed by atoms with Crippen molar-refractivity contribution < 1.29 is 14.4 Å². The first kappa shape index (κ1) is 19.0. The summed E-state index contributed by atoms with van der Waals surface area (Å²) in [6.07, 6.45) is 1.52. The summed E-state index contributed by atoms with van der Waals surface area (Å²) in [6.45, 7) is 6.28. The molecule has 0 aliphatic carbocycles. The topological polar surface area (TPSA) is 87.4 Å². The van der Waals surface area contributed by atoms with Gasteiger partial charge in [-0.1, -0.05) is 35.5 Å². The Morgan fingerprint density at radius 3 is 2.64 bits per heavy atom. The summed E-state index contributed by atoms with van der Waals surface area (Å²) in [7, 11) is 0. The van der Waals surface area contributed by atoms with Crippen molar-refractivity contribution in [1.29, 1.82) is 0 Å². The second-order valence-electron chi connectivity index (χ2n) is 6.37. The molecule has 0 bridgehead atoms. The quantitative estimate of drug-likeness (QED) is 0.642. The molecule has 2 aromatic rings. The number of urea groups is 1. The first-order valence-electron chi connectivity index (χ1n) is 8.66. The highest BCUT2D eigenvalue weighted by molar-refractivity contribution is 5.74. The summed E-state index contributed by atoms with van der Waals surface area (Å²) in [4.78, 5) is 11.9. The average Bonchev–Trinajstić information content (AvgIpc) is 2.91. The van der Waals surface area contributed by atoms with Crippen molar-refractivity contribution in [1.82, 2.24) is 15.8 Å². The third-order valence-electron chi connectivity index (χ3n) is 4.21. The number of nitrogens with one attached hydrogen (secondary N) is 2. The lowest BCUT2D eigenvalue weighted by atomic mass is 10.0. The molecule has 0 radical (unpaired) electrons. The molecule has 1 aromatic carbocycles. The molecular weight excluding hydrogens is 318 g/mol. The zero-order chi connectivity index (χ0) is 18.2. The van der Waals surface area contributed by atoms with Crippen LogP contribution in [0.2, 0.25) is 0 Å². The van der Waals surface area contributed by atoms with E-state index in [2.05, 4.69) is 15.8 Å². The average molecular weight is 345 g/mol. The number of carbonyl (C=O) groups is 1. The maximum absolute atomic E-state index is 11.9. The number of benzene rings is 1. The Bertz CT molecular complexity index is 650. The number of rotatable bonds is 8. The van der Waals surface area contributed by atoms with Gasteiger partial charge in [0.2, 0.25) is 0 Å². The van der Waals surface area contributed by atoms with Gasteiger partial charge in [0.15, 0.2) is 0 Å². The minimum atomic E-state index is -0.587. The van der Waals surface area contributed by atoms with Crippen LogP contribution in [-0.2, 0) is 6.42 Å². The van der Waals surface area contributed by atoms with E-state index in [0.29, 0.717) is 13.0 Å². The summed E-state index contributed by atoms with van der Waals surface area (Å²) < 4.78 is 5.13. The highest BCUT2D eigenvalue weighted by Crippen LogP contribution is 2.17. The van der Waals surface area contributed by atoms with E-state index < -0.39 is 6.10 Å². The van der Waals surface area contributed by atoms with Gasteiger partial charge >= 0.3 is 6.03 Å². The third kappa shape index (κ3) is 5.90. The standard InChI is InChI=1S/C19H27N3O3/c1-13(12-18(23)16-8-5-4-6-9-16)21-19(24)20-11-7-10-17-14(2)22-25-15(17)3/h4-6,8-9,13,18,23H,7,10-12H2,1-3H3,(H2,20,21,24). The van der Waals surface area contributed by atoms with E-state index in [-0.39, 0.29) is 12.1 Å². The van der Waals surface area contributed by atoms with E-state index in [0.717, 1.165) is 35.4 Å². The van der Waals surface area contributed by atoms with Crippen LogP contribution in [0, 0.1) is 13.8 Å². The van der Waals surface area contributed by atoms with Crippen LogP contribution in [0.25, 0.3) is 0 Å². The van der Waals surface area contributed by atoms with E-state index in [1.165, 1.54) is 0 Å². The number of aliphatic hydroxyl groups is 1. The van der Waals surface area contributed by atoms with E-state index in [9.17, 15) is 9.90 Å².